The number of esters is 1. The van der Waals surface area contributed by atoms with E-state index in [1.54, 1.807) is 50.2 Å². The quantitative estimate of drug-likeness (QED) is 0.473. The first kappa shape index (κ1) is 21.9. The smallest absolute Gasteiger partial charge is 0.311 e. The van der Waals surface area contributed by atoms with Crippen molar-refractivity contribution in [2.75, 3.05) is 16.7 Å². The van der Waals surface area contributed by atoms with Gasteiger partial charge in [-0.15, -0.1) is 0 Å². The maximum absolute atomic E-state index is 13.8. The number of rotatable bonds is 8. The van der Waals surface area contributed by atoms with E-state index in [1.165, 1.54) is 18.2 Å². The molecule has 1 heterocycles. The van der Waals surface area contributed by atoms with Gasteiger partial charge in [0.15, 0.2) is 0 Å². The van der Waals surface area contributed by atoms with Crippen LogP contribution in [0.4, 0.5) is 15.2 Å². The van der Waals surface area contributed by atoms with Crippen molar-refractivity contribution in [2.24, 2.45) is 0 Å². The number of ether oxygens (including phenoxy) is 1. The van der Waals surface area contributed by atoms with E-state index in [4.69, 9.17) is 4.74 Å². The highest BCUT2D eigenvalue weighted by Crippen LogP contribution is 2.38. The zero-order chi connectivity index (χ0) is 21.7. The first-order valence-corrected chi connectivity index (χ1v) is 11.8. The Hall–Kier alpha value is -2.78. The molecule has 6 nitrogen and oxygen atoms in total. The number of hydrogen-bond acceptors (Lipinski definition) is 6. The molecule has 0 aliphatic rings. The van der Waals surface area contributed by atoms with Crippen LogP contribution in [-0.4, -0.2) is 31.7 Å². The minimum atomic E-state index is -3.71. The largest absolute Gasteiger partial charge is 0.466 e. The summed E-state index contributed by atoms with van der Waals surface area (Å²) in [7, 11) is -3.71. The maximum Gasteiger partial charge on any atom is 0.311 e. The molecule has 0 aliphatic heterocycles. The van der Waals surface area contributed by atoms with E-state index in [2.05, 4.69) is 4.98 Å². The lowest BCUT2D eigenvalue weighted by Crippen LogP contribution is -2.27. The maximum atomic E-state index is 13.8. The zero-order valence-electron chi connectivity index (χ0n) is 16.5. The number of hydrogen-bond donors (Lipinski definition) is 0. The van der Waals surface area contributed by atoms with Crippen molar-refractivity contribution in [3.8, 4) is 11.3 Å². The van der Waals surface area contributed by atoms with Crippen molar-refractivity contribution in [1.82, 2.24) is 4.98 Å². The molecular formula is C21H21FN2O4S2. The van der Waals surface area contributed by atoms with E-state index in [9.17, 15) is 17.6 Å². The van der Waals surface area contributed by atoms with Gasteiger partial charge in [0.05, 0.1) is 30.2 Å². The third kappa shape index (κ3) is 4.85. The monoisotopic (exact) mass is 448 g/mol. The number of para-hydroxylation sites is 1. The highest BCUT2D eigenvalue weighted by atomic mass is 32.2. The number of thiazole rings is 1. The fourth-order valence-electron chi connectivity index (χ4n) is 2.83. The second-order valence-electron chi connectivity index (χ2n) is 6.26. The molecule has 1 aromatic heterocycles. The zero-order valence-corrected chi connectivity index (χ0v) is 18.2. The lowest BCUT2D eigenvalue weighted by atomic mass is 10.1. The number of carbonyl (C=O) groups excluding carboxylic acids is 1. The van der Waals surface area contributed by atoms with Crippen LogP contribution in [-0.2, 0) is 26.0 Å². The molecule has 0 N–H and O–H groups in total. The lowest BCUT2D eigenvalue weighted by molar-refractivity contribution is -0.142. The normalized spacial score (nSPS) is 11.3. The summed E-state index contributed by atoms with van der Waals surface area (Å²) in [5, 5.41) is 0.182. The third-order valence-corrected chi connectivity index (χ3v) is 7.03. The molecule has 3 rings (SSSR count). The van der Waals surface area contributed by atoms with Gasteiger partial charge >= 0.3 is 5.97 Å². The second-order valence-corrected chi connectivity index (χ2v) is 9.43. The molecule has 0 spiro atoms. The van der Waals surface area contributed by atoms with Gasteiger partial charge < -0.3 is 4.74 Å². The first-order valence-electron chi connectivity index (χ1n) is 9.35. The number of benzene rings is 2. The third-order valence-electron chi connectivity index (χ3n) is 4.20. The van der Waals surface area contributed by atoms with E-state index in [0.717, 1.165) is 15.6 Å². The number of nitrogens with zero attached hydrogens (tertiary/aromatic N) is 2. The van der Waals surface area contributed by atoms with E-state index in [-0.39, 0.29) is 23.9 Å². The number of carbonyl (C=O) groups is 1. The molecule has 30 heavy (non-hydrogen) atoms. The van der Waals surface area contributed by atoms with Crippen molar-refractivity contribution in [3.63, 3.8) is 0 Å². The lowest BCUT2D eigenvalue weighted by Gasteiger charge is -2.20. The SMILES string of the molecule is CCOC(=O)Cc1sc(N(c2ccccc2)S(=O)(=O)CC)nc1-c1cccc(F)c1. The van der Waals surface area contributed by atoms with Gasteiger partial charge in [-0.05, 0) is 38.1 Å². The first-order chi connectivity index (χ1) is 14.4. The Morgan fingerprint density at radius 3 is 2.50 bits per heavy atom. The Morgan fingerprint density at radius 1 is 1.13 bits per heavy atom. The molecule has 3 aromatic rings. The van der Waals surface area contributed by atoms with E-state index in [1.807, 2.05) is 0 Å². The van der Waals surface area contributed by atoms with Gasteiger partial charge in [-0.3, -0.25) is 4.79 Å². The predicted molar refractivity (Wildman–Crippen MR) is 116 cm³/mol. The van der Waals surface area contributed by atoms with Gasteiger partial charge in [0, 0.05) is 10.4 Å². The summed E-state index contributed by atoms with van der Waals surface area (Å²) >= 11 is 1.07. The summed E-state index contributed by atoms with van der Waals surface area (Å²) in [6, 6.07) is 14.4. The van der Waals surface area contributed by atoms with Gasteiger partial charge in [0.2, 0.25) is 15.2 Å². The number of sulfonamides is 1. The number of halogens is 1. The molecular weight excluding hydrogens is 427 g/mol. The Kier molecular flexibility index (Phi) is 6.84. The highest BCUT2D eigenvalue weighted by molar-refractivity contribution is 7.93. The Bertz CT molecular complexity index is 1130. The summed E-state index contributed by atoms with van der Waals surface area (Å²) in [6.07, 6.45) is -0.0911. The van der Waals surface area contributed by atoms with Crippen LogP contribution in [0.2, 0.25) is 0 Å². The molecule has 2 aromatic carbocycles. The van der Waals surface area contributed by atoms with Gasteiger partial charge in [-0.1, -0.05) is 41.7 Å². The van der Waals surface area contributed by atoms with Crippen molar-refractivity contribution in [2.45, 2.75) is 20.3 Å². The molecule has 9 heteroatoms. The molecule has 0 saturated carbocycles. The van der Waals surface area contributed by atoms with Crippen LogP contribution < -0.4 is 4.31 Å². The van der Waals surface area contributed by atoms with Crippen LogP contribution in [0.3, 0.4) is 0 Å². The van der Waals surface area contributed by atoms with Crippen molar-refractivity contribution >= 4 is 38.1 Å². The van der Waals surface area contributed by atoms with Gasteiger partial charge in [0.25, 0.3) is 0 Å². The topological polar surface area (TPSA) is 76.6 Å². The molecule has 0 aliphatic carbocycles. The van der Waals surface area contributed by atoms with Gasteiger partial charge in [-0.2, -0.15) is 0 Å². The molecule has 0 radical (unpaired) electrons. The highest BCUT2D eigenvalue weighted by Gasteiger charge is 2.28. The van der Waals surface area contributed by atoms with Crippen molar-refractivity contribution < 1.29 is 22.3 Å². The Morgan fingerprint density at radius 2 is 1.87 bits per heavy atom. The molecule has 0 saturated heterocycles. The van der Waals surface area contributed by atoms with E-state index < -0.39 is 21.8 Å². The number of aromatic nitrogens is 1. The van der Waals surface area contributed by atoms with Crippen LogP contribution in [0.1, 0.15) is 18.7 Å². The fourth-order valence-corrected chi connectivity index (χ4v) is 5.26. The van der Waals surface area contributed by atoms with Crippen LogP contribution in [0, 0.1) is 5.82 Å². The minimum absolute atomic E-state index is 0.0911. The van der Waals surface area contributed by atoms with E-state index >= 15 is 0 Å². The summed E-state index contributed by atoms with van der Waals surface area (Å²) < 4.78 is 45.8. The minimum Gasteiger partial charge on any atom is -0.466 e. The fraction of sp³-hybridized carbons (Fsp3) is 0.238. The Balaban J connectivity index is 2.17. The second kappa shape index (κ2) is 9.36. The summed E-state index contributed by atoms with van der Waals surface area (Å²) in [6.45, 7) is 3.47. The molecule has 0 amide bonds. The summed E-state index contributed by atoms with van der Waals surface area (Å²) in [5.74, 6) is -1.05. The molecule has 158 valence electrons. The average molecular weight is 449 g/mol. The summed E-state index contributed by atoms with van der Waals surface area (Å²) in [5.41, 5.74) is 1.25. The van der Waals surface area contributed by atoms with Crippen LogP contribution in [0.25, 0.3) is 11.3 Å². The van der Waals surface area contributed by atoms with Gasteiger partial charge in [0.1, 0.15) is 5.82 Å². The van der Waals surface area contributed by atoms with Gasteiger partial charge in [-0.25, -0.2) is 22.1 Å². The standard InChI is InChI=1S/C21H21FN2O4S2/c1-3-28-19(25)14-18-20(15-9-8-10-16(22)13-15)23-21(29-18)24(30(26,27)4-2)17-11-6-5-7-12-17/h5-13H,3-4,14H2,1-2H3. The van der Waals surface area contributed by atoms with Crippen molar-refractivity contribution in [1.29, 1.82) is 0 Å². The molecule has 0 bridgehead atoms. The molecule has 0 atom stereocenters. The van der Waals surface area contributed by atoms with Crippen molar-refractivity contribution in [3.05, 3.63) is 65.3 Å². The van der Waals surface area contributed by atoms with Crippen LogP contribution in [0.5, 0.6) is 0 Å². The van der Waals surface area contributed by atoms with Crippen LogP contribution in [0.15, 0.2) is 54.6 Å². The number of anilines is 2. The predicted octanol–water partition coefficient (Wildman–Crippen LogP) is 4.54. The van der Waals surface area contributed by atoms with Crippen LogP contribution >= 0.6 is 11.3 Å². The van der Waals surface area contributed by atoms with E-state index in [0.29, 0.717) is 21.8 Å². The summed E-state index contributed by atoms with van der Waals surface area (Å²) in [4.78, 5) is 17.1. The average Bonchev–Trinajstić information content (AvgIpc) is 3.11. The molecule has 0 fully saturated rings. The Labute approximate surface area is 179 Å². The molecule has 0 unspecified atom stereocenters.